The van der Waals surface area contributed by atoms with Gasteiger partial charge in [0, 0.05) is 17.1 Å². The Kier molecular flexibility index (Phi) is 5.58. The van der Waals surface area contributed by atoms with Crippen molar-refractivity contribution in [2.75, 3.05) is 4.90 Å². The summed E-state index contributed by atoms with van der Waals surface area (Å²) in [5, 5.41) is 0. The standard InChI is InChI=1S/C28H25N/c1-22-10-6-8-14-27(22)29(28-15-9-7-11-23(28)2)26-20-18-25(19-21-26)17-16-24-12-4-3-5-13-24/h3-21H,1-2H3. The Hall–Kier alpha value is -3.58. The quantitative estimate of drug-likeness (QED) is 0.320. The molecule has 4 aromatic rings. The molecule has 0 fully saturated rings. The van der Waals surface area contributed by atoms with Crippen LogP contribution >= 0.6 is 0 Å². The van der Waals surface area contributed by atoms with Gasteiger partial charge in [-0.1, -0.05) is 91.0 Å². The number of rotatable bonds is 5. The first kappa shape index (κ1) is 18.8. The van der Waals surface area contributed by atoms with E-state index in [1.165, 1.54) is 33.6 Å². The molecule has 0 aliphatic heterocycles. The fourth-order valence-corrected chi connectivity index (χ4v) is 3.53. The number of para-hydroxylation sites is 2. The van der Waals surface area contributed by atoms with E-state index in [4.69, 9.17) is 0 Å². The molecule has 0 aromatic heterocycles. The van der Waals surface area contributed by atoms with E-state index in [-0.39, 0.29) is 0 Å². The van der Waals surface area contributed by atoms with Gasteiger partial charge in [-0.3, -0.25) is 0 Å². The second kappa shape index (κ2) is 8.62. The lowest BCUT2D eigenvalue weighted by Gasteiger charge is -2.28. The second-order valence-corrected chi connectivity index (χ2v) is 7.24. The summed E-state index contributed by atoms with van der Waals surface area (Å²) < 4.78 is 0. The van der Waals surface area contributed by atoms with Crippen LogP contribution in [-0.2, 0) is 0 Å². The number of hydrogen-bond acceptors (Lipinski definition) is 1. The second-order valence-electron chi connectivity index (χ2n) is 7.24. The highest BCUT2D eigenvalue weighted by molar-refractivity contribution is 5.80. The van der Waals surface area contributed by atoms with E-state index >= 15 is 0 Å². The largest absolute Gasteiger partial charge is 0.310 e. The Morgan fingerprint density at radius 3 is 1.45 bits per heavy atom. The first-order chi connectivity index (χ1) is 14.2. The molecule has 0 aliphatic carbocycles. The van der Waals surface area contributed by atoms with Crippen LogP contribution in [0, 0.1) is 13.8 Å². The molecule has 0 atom stereocenters. The third-order valence-electron chi connectivity index (χ3n) is 5.13. The summed E-state index contributed by atoms with van der Waals surface area (Å²) in [6, 6.07) is 36.2. The van der Waals surface area contributed by atoms with Crippen LogP contribution in [0.2, 0.25) is 0 Å². The maximum absolute atomic E-state index is 2.34. The Balaban J connectivity index is 1.71. The summed E-state index contributed by atoms with van der Waals surface area (Å²) in [5.41, 5.74) is 8.46. The molecule has 0 N–H and O–H groups in total. The van der Waals surface area contributed by atoms with Crippen molar-refractivity contribution >= 4 is 29.2 Å². The third kappa shape index (κ3) is 4.30. The van der Waals surface area contributed by atoms with Crippen LogP contribution in [0.5, 0.6) is 0 Å². The molecule has 142 valence electrons. The minimum atomic E-state index is 1.16. The van der Waals surface area contributed by atoms with Crippen LogP contribution in [-0.4, -0.2) is 0 Å². The highest BCUT2D eigenvalue weighted by Gasteiger charge is 2.15. The fraction of sp³-hybridized carbons (Fsp3) is 0.0714. The van der Waals surface area contributed by atoms with Crippen molar-refractivity contribution in [1.29, 1.82) is 0 Å². The molecule has 0 saturated heterocycles. The molecular weight excluding hydrogens is 350 g/mol. The average Bonchev–Trinajstić information content (AvgIpc) is 2.77. The molecule has 0 saturated carbocycles. The summed E-state index contributed by atoms with van der Waals surface area (Å²) in [5.74, 6) is 0. The highest BCUT2D eigenvalue weighted by atomic mass is 15.1. The molecule has 29 heavy (non-hydrogen) atoms. The van der Waals surface area contributed by atoms with Crippen molar-refractivity contribution in [2.45, 2.75) is 13.8 Å². The Labute approximate surface area is 173 Å². The first-order valence-corrected chi connectivity index (χ1v) is 9.97. The fourth-order valence-electron chi connectivity index (χ4n) is 3.53. The van der Waals surface area contributed by atoms with Gasteiger partial charge in [0.15, 0.2) is 0 Å². The first-order valence-electron chi connectivity index (χ1n) is 9.97. The molecule has 4 rings (SSSR count). The van der Waals surface area contributed by atoms with Gasteiger partial charge in [-0.2, -0.15) is 0 Å². The van der Waals surface area contributed by atoms with Crippen LogP contribution in [0.25, 0.3) is 12.2 Å². The summed E-state index contributed by atoms with van der Waals surface area (Å²) in [6.07, 6.45) is 4.31. The summed E-state index contributed by atoms with van der Waals surface area (Å²) in [6.45, 7) is 4.33. The number of aryl methyl sites for hydroxylation is 2. The average molecular weight is 376 g/mol. The normalized spacial score (nSPS) is 11.0. The van der Waals surface area contributed by atoms with Crippen molar-refractivity contribution < 1.29 is 0 Å². The van der Waals surface area contributed by atoms with Crippen molar-refractivity contribution in [3.05, 3.63) is 125 Å². The number of hydrogen-bond donors (Lipinski definition) is 0. The van der Waals surface area contributed by atoms with Gasteiger partial charge in [-0.15, -0.1) is 0 Å². The lowest BCUT2D eigenvalue weighted by atomic mass is 10.1. The van der Waals surface area contributed by atoms with Gasteiger partial charge in [-0.25, -0.2) is 0 Å². The van der Waals surface area contributed by atoms with E-state index in [2.05, 4.69) is 128 Å². The zero-order valence-electron chi connectivity index (χ0n) is 16.9. The zero-order valence-corrected chi connectivity index (χ0v) is 16.9. The van der Waals surface area contributed by atoms with Gasteiger partial charge in [0.05, 0.1) is 0 Å². The van der Waals surface area contributed by atoms with Crippen molar-refractivity contribution in [3.63, 3.8) is 0 Å². The maximum Gasteiger partial charge on any atom is 0.0490 e. The van der Waals surface area contributed by atoms with Crippen molar-refractivity contribution in [2.24, 2.45) is 0 Å². The Morgan fingerprint density at radius 1 is 0.483 bits per heavy atom. The van der Waals surface area contributed by atoms with E-state index in [0.717, 1.165) is 5.69 Å². The van der Waals surface area contributed by atoms with Crippen LogP contribution < -0.4 is 4.90 Å². The molecule has 0 heterocycles. The molecule has 1 heteroatoms. The molecule has 0 spiro atoms. The highest BCUT2D eigenvalue weighted by Crippen LogP contribution is 2.38. The van der Waals surface area contributed by atoms with Gasteiger partial charge < -0.3 is 4.90 Å². The molecule has 0 amide bonds. The van der Waals surface area contributed by atoms with E-state index in [1.54, 1.807) is 0 Å². The molecule has 1 nitrogen and oxygen atoms in total. The minimum absolute atomic E-state index is 1.16. The number of benzene rings is 4. The van der Waals surface area contributed by atoms with Crippen LogP contribution in [0.1, 0.15) is 22.3 Å². The van der Waals surface area contributed by atoms with E-state index in [9.17, 15) is 0 Å². The predicted molar refractivity (Wildman–Crippen MR) is 126 cm³/mol. The summed E-state index contributed by atoms with van der Waals surface area (Å²) in [7, 11) is 0. The van der Waals surface area contributed by atoms with Crippen LogP contribution in [0.3, 0.4) is 0 Å². The van der Waals surface area contributed by atoms with E-state index < -0.39 is 0 Å². The van der Waals surface area contributed by atoms with E-state index in [1.807, 2.05) is 6.07 Å². The predicted octanol–water partition coefficient (Wildman–Crippen LogP) is 7.94. The molecule has 4 aromatic carbocycles. The molecule has 0 unspecified atom stereocenters. The maximum atomic E-state index is 2.34. The Bertz CT molecular complexity index is 1060. The van der Waals surface area contributed by atoms with Gasteiger partial charge in [0.2, 0.25) is 0 Å². The third-order valence-corrected chi connectivity index (χ3v) is 5.13. The smallest absolute Gasteiger partial charge is 0.0490 e. The van der Waals surface area contributed by atoms with Crippen molar-refractivity contribution in [1.82, 2.24) is 0 Å². The van der Waals surface area contributed by atoms with Gasteiger partial charge in [-0.05, 0) is 60.4 Å². The number of nitrogens with zero attached hydrogens (tertiary/aromatic N) is 1. The monoisotopic (exact) mass is 375 g/mol. The lowest BCUT2D eigenvalue weighted by Crippen LogP contribution is -2.12. The molecule has 0 bridgehead atoms. The Morgan fingerprint density at radius 2 is 0.931 bits per heavy atom. The minimum Gasteiger partial charge on any atom is -0.310 e. The topological polar surface area (TPSA) is 3.24 Å². The number of anilines is 3. The summed E-state index contributed by atoms with van der Waals surface area (Å²) >= 11 is 0. The molecule has 0 radical (unpaired) electrons. The van der Waals surface area contributed by atoms with Crippen LogP contribution in [0.4, 0.5) is 17.1 Å². The zero-order chi connectivity index (χ0) is 20.1. The molecular formula is C28H25N. The molecule has 0 aliphatic rings. The van der Waals surface area contributed by atoms with Gasteiger partial charge >= 0.3 is 0 Å². The van der Waals surface area contributed by atoms with Crippen LogP contribution in [0.15, 0.2) is 103 Å². The summed E-state index contributed by atoms with van der Waals surface area (Å²) in [4.78, 5) is 2.34. The lowest BCUT2D eigenvalue weighted by molar-refractivity contribution is 1.22. The van der Waals surface area contributed by atoms with Crippen molar-refractivity contribution in [3.8, 4) is 0 Å². The van der Waals surface area contributed by atoms with Gasteiger partial charge in [0.25, 0.3) is 0 Å². The SMILES string of the molecule is Cc1ccccc1N(c1ccc(C=Cc2ccccc2)cc1)c1ccccc1C. The van der Waals surface area contributed by atoms with Gasteiger partial charge in [0.1, 0.15) is 0 Å². The van der Waals surface area contributed by atoms with E-state index in [0.29, 0.717) is 0 Å².